The number of hydrogen-bond donors (Lipinski definition) is 2. The second-order valence-corrected chi connectivity index (χ2v) is 7.91. The number of carbonyl (C=O) groups is 2. The van der Waals surface area contributed by atoms with E-state index >= 15 is 0 Å². The van der Waals surface area contributed by atoms with Crippen LogP contribution >= 0.6 is 11.6 Å². The number of benzene rings is 3. The minimum absolute atomic E-state index is 0.0207. The van der Waals surface area contributed by atoms with E-state index in [4.69, 9.17) is 11.6 Å². The molecule has 0 saturated heterocycles. The molecule has 4 rings (SSSR count). The third-order valence-corrected chi connectivity index (χ3v) is 5.66. The molecule has 0 aliphatic carbocycles. The van der Waals surface area contributed by atoms with Crippen molar-refractivity contribution in [1.29, 1.82) is 0 Å². The normalized spacial score (nSPS) is 13.1. The van der Waals surface area contributed by atoms with Crippen molar-refractivity contribution in [3.8, 4) is 0 Å². The third kappa shape index (κ3) is 5.06. The summed E-state index contributed by atoms with van der Waals surface area (Å²) in [5.41, 5.74) is 4.15. The second kappa shape index (κ2) is 9.67. The van der Waals surface area contributed by atoms with Crippen LogP contribution < -0.4 is 15.5 Å². The highest BCUT2D eigenvalue weighted by molar-refractivity contribution is 6.33. The average Bonchev–Trinajstić information content (AvgIpc) is 3.01. The molecule has 158 valence electrons. The molecule has 3 aromatic carbocycles. The van der Waals surface area contributed by atoms with Crippen molar-refractivity contribution < 1.29 is 9.59 Å². The Morgan fingerprint density at radius 2 is 1.65 bits per heavy atom. The summed E-state index contributed by atoms with van der Waals surface area (Å²) in [6.45, 7) is 0.803. The van der Waals surface area contributed by atoms with Gasteiger partial charge in [-0.2, -0.15) is 0 Å². The maximum Gasteiger partial charge on any atom is 0.258 e. The fourth-order valence-electron chi connectivity index (χ4n) is 3.74. The maximum atomic E-state index is 13.2. The lowest BCUT2D eigenvalue weighted by Crippen LogP contribution is -2.31. The van der Waals surface area contributed by atoms with Crippen LogP contribution in [0.3, 0.4) is 0 Å². The predicted molar refractivity (Wildman–Crippen MR) is 126 cm³/mol. The second-order valence-electron chi connectivity index (χ2n) is 7.50. The lowest BCUT2D eigenvalue weighted by Gasteiger charge is -2.23. The summed E-state index contributed by atoms with van der Waals surface area (Å²) < 4.78 is 0. The number of anilines is 3. The molecule has 0 bridgehead atoms. The van der Waals surface area contributed by atoms with E-state index in [1.165, 1.54) is 5.56 Å². The molecule has 6 heteroatoms. The highest BCUT2D eigenvalue weighted by Crippen LogP contribution is 2.27. The van der Waals surface area contributed by atoms with Gasteiger partial charge in [0.2, 0.25) is 5.91 Å². The van der Waals surface area contributed by atoms with E-state index in [0.717, 1.165) is 24.9 Å². The molecule has 1 heterocycles. The van der Waals surface area contributed by atoms with E-state index < -0.39 is 0 Å². The molecule has 0 saturated carbocycles. The first-order chi connectivity index (χ1) is 15.1. The number of carbonyl (C=O) groups excluding carboxylic acids is 2. The Hall–Kier alpha value is -3.31. The number of nitrogens with zero attached hydrogens (tertiary/aromatic N) is 1. The Labute approximate surface area is 187 Å². The van der Waals surface area contributed by atoms with Crippen molar-refractivity contribution >= 4 is 40.5 Å². The molecule has 0 spiro atoms. The Morgan fingerprint density at radius 3 is 2.45 bits per heavy atom. The zero-order chi connectivity index (χ0) is 21.6. The number of hydrogen-bond acceptors (Lipinski definition) is 3. The van der Waals surface area contributed by atoms with Crippen LogP contribution in [0.2, 0.25) is 5.02 Å². The highest BCUT2D eigenvalue weighted by Gasteiger charge is 2.22. The van der Waals surface area contributed by atoms with Crippen LogP contribution in [0.25, 0.3) is 0 Å². The maximum absolute atomic E-state index is 13.2. The summed E-state index contributed by atoms with van der Waals surface area (Å²) in [7, 11) is 0. The van der Waals surface area contributed by atoms with E-state index in [2.05, 4.69) is 16.7 Å². The molecule has 2 amide bonds. The van der Waals surface area contributed by atoms with E-state index in [0.29, 0.717) is 28.5 Å². The zero-order valence-electron chi connectivity index (χ0n) is 17.1. The molecule has 31 heavy (non-hydrogen) atoms. The summed E-state index contributed by atoms with van der Waals surface area (Å²) in [5, 5.41) is 6.41. The fraction of sp³-hybridized carbons (Fsp3) is 0.200. The molecule has 1 aliphatic heterocycles. The molecule has 1 aliphatic rings. The smallest absolute Gasteiger partial charge is 0.258 e. The van der Waals surface area contributed by atoms with Crippen molar-refractivity contribution in [3.63, 3.8) is 0 Å². The molecule has 0 aromatic heterocycles. The van der Waals surface area contributed by atoms with Crippen LogP contribution in [-0.2, 0) is 11.2 Å². The molecular formula is C25H24ClN3O2. The van der Waals surface area contributed by atoms with Gasteiger partial charge in [0.05, 0.1) is 17.3 Å². The van der Waals surface area contributed by atoms with Gasteiger partial charge in [0, 0.05) is 23.5 Å². The summed E-state index contributed by atoms with van der Waals surface area (Å²) in [5.74, 6) is -0.215. The first-order valence-electron chi connectivity index (χ1n) is 10.4. The van der Waals surface area contributed by atoms with Gasteiger partial charge in [-0.1, -0.05) is 41.9 Å². The molecule has 0 unspecified atom stereocenters. The number of rotatable bonds is 5. The molecular weight excluding hydrogens is 410 g/mol. The summed E-state index contributed by atoms with van der Waals surface area (Å²) in [6, 6.07) is 22.4. The van der Waals surface area contributed by atoms with Crippen molar-refractivity contribution in [3.05, 3.63) is 88.9 Å². The number of para-hydroxylation sites is 2. The van der Waals surface area contributed by atoms with Crippen LogP contribution in [0.15, 0.2) is 72.8 Å². The SMILES string of the molecule is O=C(CNc1ccccc1Cl)Nc1ccc(C(=O)N2CCCCc3ccccc32)cc1. The monoisotopic (exact) mass is 433 g/mol. The van der Waals surface area contributed by atoms with Gasteiger partial charge in [-0.3, -0.25) is 9.59 Å². The topological polar surface area (TPSA) is 61.4 Å². The van der Waals surface area contributed by atoms with Crippen molar-refractivity contribution in [2.75, 3.05) is 28.6 Å². The minimum Gasteiger partial charge on any atom is -0.375 e. The van der Waals surface area contributed by atoms with E-state index in [9.17, 15) is 9.59 Å². The Morgan fingerprint density at radius 1 is 0.903 bits per heavy atom. The number of fused-ring (bicyclic) bond motifs is 1. The van der Waals surface area contributed by atoms with Crippen molar-refractivity contribution in [1.82, 2.24) is 0 Å². The molecule has 0 fully saturated rings. The first kappa shape index (κ1) is 20.9. The van der Waals surface area contributed by atoms with Gasteiger partial charge >= 0.3 is 0 Å². The Bertz CT molecular complexity index is 1080. The predicted octanol–water partition coefficient (Wildman–Crippen LogP) is 5.37. The van der Waals surface area contributed by atoms with Crippen LogP contribution in [0, 0.1) is 0 Å². The average molecular weight is 434 g/mol. The highest BCUT2D eigenvalue weighted by atomic mass is 35.5. The van der Waals surface area contributed by atoms with Crippen LogP contribution in [0.5, 0.6) is 0 Å². The molecule has 2 N–H and O–H groups in total. The van der Waals surface area contributed by atoms with E-state index in [1.54, 1.807) is 30.3 Å². The van der Waals surface area contributed by atoms with Gasteiger partial charge in [0.1, 0.15) is 0 Å². The Balaban J connectivity index is 1.39. The van der Waals surface area contributed by atoms with Gasteiger partial charge in [-0.25, -0.2) is 0 Å². The van der Waals surface area contributed by atoms with Gasteiger partial charge in [-0.15, -0.1) is 0 Å². The minimum atomic E-state index is -0.194. The number of amides is 2. The zero-order valence-corrected chi connectivity index (χ0v) is 17.9. The van der Waals surface area contributed by atoms with Crippen molar-refractivity contribution in [2.45, 2.75) is 19.3 Å². The summed E-state index contributed by atoms with van der Waals surface area (Å²) in [6.07, 6.45) is 3.05. The quantitative estimate of drug-likeness (QED) is 0.568. The van der Waals surface area contributed by atoms with Crippen LogP contribution in [0.1, 0.15) is 28.8 Å². The summed E-state index contributed by atoms with van der Waals surface area (Å²) >= 11 is 6.09. The third-order valence-electron chi connectivity index (χ3n) is 5.33. The van der Waals surface area contributed by atoms with Gasteiger partial charge in [0.25, 0.3) is 5.91 Å². The number of halogens is 1. The van der Waals surface area contributed by atoms with Crippen LogP contribution in [-0.4, -0.2) is 24.9 Å². The first-order valence-corrected chi connectivity index (χ1v) is 10.8. The number of nitrogens with one attached hydrogen (secondary N) is 2. The van der Waals surface area contributed by atoms with E-state index in [1.807, 2.05) is 41.3 Å². The number of aryl methyl sites for hydroxylation is 1. The standard InChI is InChI=1S/C25H24ClN3O2/c26-21-9-2-3-10-22(21)27-17-24(30)28-20-14-12-19(13-15-20)25(31)29-16-6-5-8-18-7-1-4-11-23(18)29/h1-4,7,9-15,27H,5-6,8,16-17H2,(H,28,30). The summed E-state index contributed by atoms with van der Waals surface area (Å²) in [4.78, 5) is 27.3. The fourth-order valence-corrected chi connectivity index (χ4v) is 3.94. The molecule has 5 nitrogen and oxygen atoms in total. The van der Waals surface area contributed by atoms with Gasteiger partial charge in [-0.05, 0) is 67.3 Å². The van der Waals surface area contributed by atoms with E-state index in [-0.39, 0.29) is 18.4 Å². The van der Waals surface area contributed by atoms with Gasteiger partial charge in [0.15, 0.2) is 0 Å². The molecule has 0 atom stereocenters. The lowest BCUT2D eigenvalue weighted by molar-refractivity contribution is -0.114. The molecule has 3 aromatic rings. The van der Waals surface area contributed by atoms with Gasteiger partial charge < -0.3 is 15.5 Å². The largest absolute Gasteiger partial charge is 0.375 e. The Kier molecular flexibility index (Phi) is 6.53. The van der Waals surface area contributed by atoms with Crippen molar-refractivity contribution in [2.24, 2.45) is 0 Å². The molecule has 0 radical (unpaired) electrons. The lowest BCUT2D eigenvalue weighted by atomic mass is 10.1. The van der Waals surface area contributed by atoms with Crippen LogP contribution in [0.4, 0.5) is 17.1 Å².